The van der Waals surface area contributed by atoms with Crippen LogP contribution in [0.1, 0.15) is 40.5 Å². The van der Waals surface area contributed by atoms with Gasteiger partial charge in [-0.25, -0.2) is 4.79 Å². The van der Waals surface area contributed by atoms with E-state index in [2.05, 4.69) is 16.0 Å². The molecule has 0 radical (unpaired) electrons. The normalized spacial score (nSPS) is 22.7. The molecule has 1 fully saturated rings. The second-order valence-electron chi connectivity index (χ2n) is 5.98. The van der Waals surface area contributed by atoms with Crippen LogP contribution in [-0.4, -0.2) is 42.1 Å². The molecule has 1 aliphatic heterocycles. The van der Waals surface area contributed by atoms with Gasteiger partial charge in [0.2, 0.25) is 11.8 Å². The minimum absolute atomic E-state index is 0.00727. The van der Waals surface area contributed by atoms with Crippen molar-refractivity contribution >= 4 is 17.9 Å². The van der Waals surface area contributed by atoms with Gasteiger partial charge in [0.05, 0.1) is 6.54 Å². The van der Waals surface area contributed by atoms with Gasteiger partial charge in [0.15, 0.2) is 0 Å². The molecule has 7 nitrogen and oxygen atoms in total. The highest BCUT2D eigenvalue weighted by Gasteiger charge is 2.41. The van der Waals surface area contributed by atoms with Gasteiger partial charge in [-0.3, -0.25) is 9.59 Å². The standard InChI is InChI=1S/C13H23N3O4/c1-9(17)16-13(6-5-7-14-10(13)18)8-15-11(19)20-12(2,3)4/h5-8H2,1-4H3,(H,14,18)(H,15,19)(H,16,17). The van der Waals surface area contributed by atoms with Crippen molar-refractivity contribution in [2.24, 2.45) is 0 Å². The number of hydrogen-bond donors (Lipinski definition) is 3. The van der Waals surface area contributed by atoms with Crippen LogP contribution in [0.4, 0.5) is 4.79 Å². The van der Waals surface area contributed by atoms with Crippen molar-refractivity contribution in [1.29, 1.82) is 0 Å². The van der Waals surface area contributed by atoms with E-state index < -0.39 is 17.2 Å². The zero-order valence-corrected chi connectivity index (χ0v) is 12.5. The Labute approximate surface area is 118 Å². The predicted molar refractivity (Wildman–Crippen MR) is 73.0 cm³/mol. The molecular formula is C13H23N3O4. The summed E-state index contributed by atoms with van der Waals surface area (Å²) < 4.78 is 5.12. The minimum Gasteiger partial charge on any atom is -0.444 e. The van der Waals surface area contributed by atoms with Crippen LogP contribution >= 0.6 is 0 Å². The summed E-state index contributed by atoms with van der Waals surface area (Å²) in [5.41, 5.74) is -1.71. The fourth-order valence-electron chi connectivity index (χ4n) is 2.08. The molecule has 1 heterocycles. The number of nitrogens with one attached hydrogen (secondary N) is 3. The van der Waals surface area contributed by atoms with Crippen molar-refractivity contribution in [3.63, 3.8) is 0 Å². The van der Waals surface area contributed by atoms with E-state index in [1.807, 2.05) is 0 Å². The molecule has 0 aromatic rings. The first kappa shape index (κ1) is 16.3. The number of amides is 3. The second-order valence-corrected chi connectivity index (χ2v) is 5.98. The summed E-state index contributed by atoms with van der Waals surface area (Å²) in [7, 11) is 0. The first-order chi connectivity index (χ1) is 9.15. The lowest BCUT2D eigenvalue weighted by atomic mass is 9.89. The van der Waals surface area contributed by atoms with Crippen molar-refractivity contribution < 1.29 is 19.1 Å². The van der Waals surface area contributed by atoms with E-state index in [-0.39, 0.29) is 18.4 Å². The molecular weight excluding hydrogens is 262 g/mol. The quantitative estimate of drug-likeness (QED) is 0.694. The van der Waals surface area contributed by atoms with E-state index in [1.54, 1.807) is 20.8 Å². The Hall–Kier alpha value is -1.79. The molecule has 0 aromatic carbocycles. The summed E-state index contributed by atoms with van der Waals surface area (Å²) in [5, 5.41) is 7.90. The molecule has 1 unspecified atom stereocenters. The van der Waals surface area contributed by atoms with Crippen LogP contribution in [0.2, 0.25) is 0 Å². The third-order valence-corrected chi connectivity index (χ3v) is 2.85. The molecule has 0 aromatic heterocycles. The summed E-state index contributed by atoms with van der Waals surface area (Å²) in [4.78, 5) is 35.0. The lowest BCUT2D eigenvalue weighted by molar-refractivity contribution is -0.134. The Bertz CT molecular complexity index is 403. The Morgan fingerprint density at radius 1 is 1.40 bits per heavy atom. The molecule has 1 saturated heterocycles. The van der Waals surface area contributed by atoms with Crippen LogP contribution in [0, 0.1) is 0 Å². The molecule has 0 spiro atoms. The fraction of sp³-hybridized carbons (Fsp3) is 0.769. The van der Waals surface area contributed by atoms with Gasteiger partial charge in [-0.05, 0) is 33.6 Å². The number of carbonyl (C=O) groups is 3. The van der Waals surface area contributed by atoms with Crippen LogP contribution in [0.5, 0.6) is 0 Å². The number of hydrogen-bond acceptors (Lipinski definition) is 4. The number of piperidine rings is 1. The van der Waals surface area contributed by atoms with Gasteiger partial charge >= 0.3 is 6.09 Å². The molecule has 1 aliphatic rings. The molecule has 0 saturated carbocycles. The molecule has 0 aliphatic carbocycles. The first-order valence-electron chi connectivity index (χ1n) is 6.68. The molecule has 0 bridgehead atoms. The lowest BCUT2D eigenvalue weighted by Gasteiger charge is -2.36. The van der Waals surface area contributed by atoms with E-state index in [0.717, 1.165) is 6.42 Å². The Morgan fingerprint density at radius 2 is 2.05 bits per heavy atom. The fourth-order valence-corrected chi connectivity index (χ4v) is 2.08. The average molecular weight is 285 g/mol. The third-order valence-electron chi connectivity index (χ3n) is 2.85. The van der Waals surface area contributed by atoms with E-state index in [4.69, 9.17) is 4.74 Å². The first-order valence-corrected chi connectivity index (χ1v) is 6.68. The number of carbonyl (C=O) groups excluding carboxylic acids is 3. The summed E-state index contributed by atoms with van der Waals surface area (Å²) in [6.45, 7) is 7.19. The third kappa shape index (κ3) is 4.71. The largest absolute Gasteiger partial charge is 0.444 e. The van der Waals surface area contributed by atoms with Crippen molar-refractivity contribution in [1.82, 2.24) is 16.0 Å². The van der Waals surface area contributed by atoms with Gasteiger partial charge in [0, 0.05) is 13.5 Å². The molecule has 3 amide bonds. The van der Waals surface area contributed by atoms with Gasteiger partial charge in [-0.1, -0.05) is 0 Å². The maximum absolute atomic E-state index is 12.0. The van der Waals surface area contributed by atoms with E-state index >= 15 is 0 Å². The van der Waals surface area contributed by atoms with E-state index in [9.17, 15) is 14.4 Å². The monoisotopic (exact) mass is 285 g/mol. The molecule has 7 heteroatoms. The molecule has 1 atom stereocenters. The van der Waals surface area contributed by atoms with Crippen molar-refractivity contribution in [3.05, 3.63) is 0 Å². The highest BCUT2D eigenvalue weighted by molar-refractivity contribution is 5.92. The maximum atomic E-state index is 12.0. The number of alkyl carbamates (subject to hydrolysis) is 1. The van der Waals surface area contributed by atoms with E-state index in [1.165, 1.54) is 6.92 Å². The summed E-state index contributed by atoms with van der Waals surface area (Å²) in [5.74, 6) is -0.594. The summed E-state index contributed by atoms with van der Waals surface area (Å²) in [6.07, 6.45) is 0.608. The predicted octanol–water partition coefficient (Wildman–Crippen LogP) is 0.296. The zero-order valence-electron chi connectivity index (χ0n) is 12.5. The Balaban J connectivity index is 2.68. The van der Waals surface area contributed by atoms with Crippen molar-refractivity contribution in [3.8, 4) is 0 Å². The minimum atomic E-state index is -1.10. The summed E-state index contributed by atoms with van der Waals surface area (Å²) in [6, 6.07) is 0. The van der Waals surface area contributed by atoms with Gasteiger partial charge < -0.3 is 20.7 Å². The van der Waals surface area contributed by atoms with Crippen LogP contribution in [0.3, 0.4) is 0 Å². The van der Waals surface area contributed by atoms with Gasteiger partial charge in [0.25, 0.3) is 0 Å². The average Bonchev–Trinajstić information content (AvgIpc) is 2.27. The van der Waals surface area contributed by atoms with Crippen molar-refractivity contribution in [2.45, 2.75) is 51.7 Å². The Morgan fingerprint density at radius 3 is 2.55 bits per heavy atom. The van der Waals surface area contributed by atoms with Gasteiger partial charge in [-0.15, -0.1) is 0 Å². The molecule has 114 valence electrons. The second kappa shape index (κ2) is 6.11. The van der Waals surface area contributed by atoms with E-state index in [0.29, 0.717) is 13.0 Å². The van der Waals surface area contributed by atoms with Crippen LogP contribution in [-0.2, 0) is 14.3 Å². The molecule has 1 rings (SSSR count). The number of ether oxygens (including phenoxy) is 1. The lowest BCUT2D eigenvalue weighted by Crippen LogP contribution is -2.66. The maximum Gasteiger partial charge on any atom is 0.407 e. The molecule has 3 N–H and O–H groups in total. The van der Waals surface area contributed by atoms with Crippen LogP contribution in [0.15, 0.2) is 0 Å². The molecule has 20 heavy (non-hydrogen) atoms. The van der Waals surface area contributed by atoms with Crippen LogP contribution in [0.25, 0.3) is 0 Å². The highest BCUT2D eigenvalue weighted by atomic mass is 16.6. The Kier molecular flexibility index (Phi) is 4.97. The van der Waals surface area contributed by atoms with Crippen molar-refractivity contribution in [2.75, 3.05) is 13.1 Å². The van der Waals surface area contributed by atoms with Gasteiger partial charge in [0.1, 0.15) is 11.1 Å². The smallest absolute Gasteiger partial charge is 0.407 e. The zero-order chi connectivity index (χ0) is 15.4. The van der Waals surface area contributed by atoms with Gasteiger partial charge in [-0.2, -0.15) is 0 Å². The summed E-state index contributed by atoms with van der Waals surface area (Å²) >= 11 is 0. The number of rotatable bonds is 3. The highest BCUT2D eigenvalue weighted by Crippen LogP contribution is 2.17. The SMILES string of the molecule is CC(=O)NC1(CNC(=O)OC(C)(C)C)CCCNC1=O. The van der Waals surface area contributed by atoms with Crippen LogP contribution < -0.4 is 16.0 Å². The topological polar surface area (TPSA) is 96.5 Å².